The molecule has 0 saturated carbocycles. The molecular weight excluding hydrogens is 316 g/mol. The lowest BCUT2D eigenvalue weighted by Gasteiger charge is -2.31. The van der Waals surface area contributed by atoms with Gasteiger partial charge in [-0.25, -0.2) is 0 Å². The molecule has 0 radical (unpaired) electrons. The number of fused-ring (bicyclic) bond motifs is 1. The molecule has 0 N–H and O–H groups in total. The number of amides is 1. The topological polar surface area (TPSA) is 55.6 Å². The molecule has 1 aromatic heterocycles. The van der Waals surface area contributed by atoms with E-state index in [1.165, 1.54) is 0 Å². The van der Waals surface area contributed by atoms with Gasteiger partial charge in [0.15, 0.2) is 5.76 Å². The van der Waals surface area contributed by atoms with Crippen LogP contribution >= 0.6 is 11.6 Å². The van der Waals surface area contributed by atoms with Crippen molar-refractivity contribution in [3.8, 4) is 0 Å². The van der Waals surface area contributed by atoms with Crippen molar-refractivity contribution in [3.63, 3.8) is 0 Å². The maximum Gasteiger partial charge on any atom is 0.253 e. The summed E-state index contributed by atoms with van der Waals surface area (Å²) in [5, 5.41) is 4.51. The van der Waals surface area contributed by atoms with Crippen LogP contribution in [0.3, 0.4) is 0 Å². The second kappa shape index (κ2) is 6.72. The Balaban J connectivity index is 1.67. The molecule has 5 nitrogen and oxygen atoms in total. The molecule has 1 aliphatic heterocycles. The van der Waals surface area contributed by atoms with E-state index in [0.29, 0.717) is 17.3 Å². The second-order valence-corrected chi connectivity index (χ2v) is 6.24. The van der Waals surface area contributed by atoms with Gasteiger partial charge in [0.05, 0.1) is 5.69 Å². The number of ether oxygens (including phenoxy) is 1. The summed E-state index contributed by atoms with van der Waals surface area (Å²) >= 11 is 6.12. The lowest BCUT2D eigenvalue weighted by Crippen LogP contribution is -2.38. The van der Waals surface area contributed by atoms with E-state index in [0.717, 1.165) is 35.3 Å². The van der Waals surface area contributed by atoms with Gasteiger partial charge in [-0.1, -0.05) is 16.8 Å². The van der Waals surface area contributed by atoms with Crippen molar-refractivity contribution in [1.29, 1.82) is 0 Å². The van der Waals surface area contributed by atoms with Gasteiger partial charge in [0.25, 0.3) is 5.91 Å². The number of rotatable bonds is 4. The van der Waals surface area contributed by atoms with Crippen molar-refractivity contribution in [2.75, 3.05) is 18.1 Å². The SMILES string of the molecule is Cc1cc(COCC(=O)N2CCCc3cc(Cl)cc(C)c32)on1. The zero-order chi connectivity index (χ0) is 16.4. The van der Waals surface area contributed by atoms with Crippen LogP contribution in [0.1, 0.15) is 29.0 Å². The minimum Gasteiger partial charge on any atom is -0.364 e. The van der Waals surface area contributed by atoms with Crippen molar-refractivity contribution in [2.24, 2.45) is 0 Å². The lowest BCUT2D eigenvalue weighted by atomic mass is 9.98. The summed E-state index contributed by atoms with van der Waals surface area (Å²) in [5.74, 6) is 0.574. The lowest BCUT2D eigenvalue weighted by molar-refractivity contribution is -0.123. The van der Waals surface area contributed by atoms with Gasteiger partial charge < -0.3 is 14.2 Å². The Morgan fingerprint density at radius 2 is 2.22 bits per heavy atom. The second-order valence-electron chi connectivity index (χ2n) is 5.81. The van der Waals surface area contributed by atoms with Crippen molar-refractivity contribution >= 4 is 23.2 Å². The average molecular weight is 335 g/mol. The number of hydrogen-bond acceptors (Lipinski definition) is 4. The van der Waals surface area contributed by atoms with Crippen LogP contribution in [0.25, 0.3) is 0 Å². The fraction of sp³-hybridized carbons (Fsp3) is 0.412. The highest BCUT2D eigenvalue weighted by atomic mass is 35.5. The molecule has 0 unspecified atom stereocenters. The largest absolute Gasteiger partial charge is 0.364 e. The normalized spacial score (nSPS) is 14.0. The predicted molar refractivity (Wildman–Crippen MR) is 87.8 cm³/mol. The highest BCUT2D eigenvalue weighted by Crippen LogP contribution is 2.33. The van der Waals surface area contributed by atoms with E-state index in [2.05, 4.69) is 5.16 Å². The molecule has 1 aromatic carbocycles. The maximum absolute atomic E-state index is 12.5. The van der Waals surface area contributed by atoms with Crippen LogP contribution in [-0.4, -0.2) is 24.2 Å². The molecule has 0 saturated heterocycles. The summed E-state index contributed by atoms with van der Waals surface area (Å²) in [6.45, 7) is 4.79. The third-order valence-corrected chi connectivity index (χ3v) is 4.11. The first-order valence-corrected chi connectivity index (χ1v) is 8.01. The van der Waals surface area contributed by atoms with E-state index in [1.54, 1.807) is 11.0 Å². The highest BCUT2D eigenvalue weighted by molar-refractivity contribution is 6.30. The maximum atomic E-state index is 12.5. The molecule has 6 heteroatoms. The highest BCUT2D eigenvalue weighted by Gasteiger charge is 2.24. The van der Waals surface area contributed by atoms with Gasteiger partial charge in [-0.15, -0.1) is 0 Å². The predicted octanol–water partition coefficient (Wildman–Crippen LogP) is 3.44. The number of carbonyl (C=O) groups excluding carboxylic acids is 1. The van der Waals surface area contributed by atoms with Gasteiger partial charge in [-0.3, -0.25) is 4.79 Å². The van der Waals surface area contributed by atoms with Gasteiger partial charge in [-0.2, -0.15) is 0 Å². The zero-order valence-corrected chi connectivity index (χ0v) is 14.0. The van der Waals surface area contributed by atoms with Gasteiger partial charge in [0.1, 0.15) is 13.2 Å². The van der Waals surface area contributed by atoms with E-state index < -0.39 is 0 Å². The van der Waals surface area contributed by atoms with Crippen LogP contribution < -0.4 is 4.90 Å². The molecule has 0 spiro atoms. The van der Waals surface area contributed by atoms with Crippen LogP contribution in [0.4, 0.5) is 5.69 Å². The Labute approximate surface area is 140 Å². The number of carbonyl (C=O) groups is 1. The first-order valence-electron chi connectivity index (χ1n) is 7.64. The standard InChI is InChI=1S/C17H19ClN2O3/c1-11-6-14(18)8-13-4-3-5-20(17(11)13)16(21)10-22-9-15-7-12(2)19-23-15/h6-8H,3-5,9-10H2,1-2H3. The van der Waals surface area contributed by atoms with Crippen molar-refractivity contribution in [1.82, 2.24) is 5.16 Å². The average Bonchev–Trinajstić information content (AvgIpc) is 2.91. The van der Waals surface area contributed by atoms with Gasteiger partial charge >= 0.3 is 0 Å². The third kappa shape index (κ3) is 3.57. The van der Waals surface area contributed by atoms with Crippen molar-refractivity contribution < 1.29 is 14.1 Å². The van der Waals surface area contributed by atoms with E-state index in [4.69, 9.17) is 20.9 Å². The first-order chi connectivity index (χ1) is 11.0. The van der Waals surface area contributed by atoms with E-state index in [9.17, 15) is 4.79 Å². The van der Waals surface area contributed by atoms with Crippen molar-refractivity contribution in [2.45, 2.75) is 33.3 Å². The summed E-state index contributed by atoms with van der Waals surface area (Å²) < 4.78 is 10.5. The number of nitrogens with zero attached hydrogens (tertiary/aromatic N) is 2. The molecule has 122 valence electrons. The van der Waals surface area contributed by atoms with E-state index in [-0.39, 0.29) is 19.1 Å². The van der Waals surface area contributed by atoms with Gasteiger partial charge in [0.2, 0.25) is 0 Å². The first kappa shape index (κ1) is 16.0. The summed E-state index contributed by atoms with van der Waals surface area (Å²) in [6.07, 6.45) is 1.87. The van der Waals surface area contributed by atoms with Crippen LogP contribution in [0.15, 0.2) is 22.7 Å². The molecule has 0 bridgehead atoms. The van der Waals surface area contributed by atoms with Gasteiger partial charge in [-0.05, 0) is 49.9 Å². The third-order valence-electron chi connectivity index (χ3n) is 3.89. The Bertz CT molecular complexity index is 727. The molecule has 2 aromatic rings. The zero-order valence-electron chi connectivity index (χ0n) is 13.3. The minimum absolute atomic E-state index is 0.0151. The molecule has 2 heterocycles. The molecule has 0 aliphatic carbocycles. The Kier molecular flexibility index (Phi) is 4.68. The van der Waals surface area contributed by atoms with Crippen LogP contribution in [-0.2, 0) is 22.6 Å². The molecule has 1 aliphatic rings. The number of halogens is 1. The smallest absolute Gasteiger partial charge is 0.253 e. The Morgan fingerprint density at radius 1 is 1.39 bits per heavy atom. The molecular formula is C17H19ClN2O3. The molecule has 0 atom stereocenters. The van der Waals surface area contributed by atoms with Crippen LogP contribution in [0.2, 0.25) is 5.02 Å². The number of anilines is 1. The molecule has 23 heavy (non-hydrogen) atoms. The fourth-order valence-corrected chi connectivity index (χ4v) is 3.27. The summed E-state index contributed by atoms with van der Waals surface area (Å²) in [7, 11) is 0. The van der Waals surface area contributed by atoms with Crippen LogP contribution in [0.5, 0.6) is 0 Å². The Morgan fingerprint density at radius 3 is 2.96 bits per heavy atom. The van der Waals surface area contributed by atoms with E-state index in [1.807, 2.05) is 26.0 Å². The fourth-order valence-electron chi connectivity index (χ4n) is 2.97. The Hall–Kier alpha value is -1.85. The summed E-state index contributed by atoms with van der Waals surface area (Å²) in [4.78, 5) is 14.3. The molecule has 0 fully saturated rings. The quantitative estimate of drug-likeness (QED) is 0.859. The number of aryl methyl sites for hydroxylation is 3. The van der Waals surface area contributed by atoms with Crippen molar-refractivity contribution in [3.05, 3.63) is 45.8 Å². The summed E-state index contributed by atoms with van der Waals surface area (Å²) in [5.41, 5.74) is 3.92. The molecule has 1 amide bonds. The van der Waals surface area contributed by atoms with E-state index >= 15 is 0 Å². The number of benzene rings is 1. The molecule has 3 rings (SSSR count). The number of hydrogen-bond donors (Lipinski definition) is 0. The number of aromatic nitrogens is 1. The minimum atomic E-state index is -0.0485. The van der Waals surface area contributed by atoms with Crippen LogP contribution in [0, 0.1) is 13.8 Å². The van der Waals surface area contributed by atoms with Gasteiger partial charge in [0, 0.05) is 23.3 Å². The monoisotopic (exact) mass is 334 g/mol. The summed E-state index contributed by atoms with van der Waals surface area (Å²) in [6, 6.07) is 5.64.